The van der Waals surface area contributed by atoms with Crippen LogP contribution in [0.15, 0.2) is 47.5 Å². The minimum absolute atomic E-state index is 0.0226. The highest BCUT2D eigenvalue weighted by Gasteiger charge is 2.38. The second-order valence-electron chi connectivity index (χ2n) is 8.85. The first kappa shape index (κ1) is 26.7. The minimum Gasteiger partial charge on any atom is -0.487 e. The molecule has 2 aromatic rings. The summed E-state index contributed by atoms with van der Waals surface area (Å²) in [6, 6.07) is 9.34. The molecule has 0 aliphatic carbocycles. The number of aromatic nitrogens is 1. The number of benzene rings is 1. The number of aliphatic hydroxyl groups excluding tert-OH is 1. The lowest BCUT2D eigenvalue weighted by Crippen LogP contribution is -2.50. The molecule has 1 aliphatic heterocycles. The number of amides is 1. The molecule has 188 valence electrons. The molecule has 2 heterocycles. The van der Waals surface area contributed by atoms with Crippen LogP contribution in [0, 0.1) is 17.8 Å². The van der Waals surface area contributed by atoms with Crippen LogP contribution in [-0.2, 0) is 10.0 Å². The van der Waals surface area contributed by atoms with Crippen molar-refractivity contribution in [3.05, 3.63) is 53.9 Å². The van der Waals surface area contributed by atoms with Crippen LogP contribution in [0.2, 0.25) is 0 Å². The van der Waals surface area contributed by atoms with Gasteiger partial charge in [-0.3, -0.25) is 9.78 Å². The Labute approximate surface area is 208 Å². The number of carbonyl (C=O) groups is 1. The van der Waals surface area contributed by atoms with Gasteiger partial charge in [-0.2, -0.15) is 4.31 Å². The molecule has 1 aromatic carbocycles. The van der Waals surface area contributed by atoms with Gasteiger partial charge in [0, 0.05) is 43.7 Å². The highest BCUT2D eigenvalue weighted by atomic mass is 32.2. The van der Waals surface area contributed by atoms with Gasteiger partial charge in [-0.1, -0.05) is 31.8 Å². The van der Waals surface area contributed by atoms with Crippen LogP contribution in [0.4, 0.5) is 0 Å². The molecule has 1 N–H and O–H groups in total. The first-order valence-electron chi connectivity index (χ1n) is 11.8. The van der Waals surface area contributed by atoms with Gasteiger partial charge in [-0.05, 0) is 43.7 Å². The summed E-state index contributed by atoms with van der Waals surface area (Å²) < 4.78 is 34.7. The largest absolute Gasteiger partial charge is 0.487 e. The Morgan fingerprint density at radius 2 is 2.11 bits per heavy atom. The van der Waals surface area contributed by atoms with Gasteiger partial charge in [0.05, 0.1) is 13.2 Å². The van der Waals surface area contributed by atoms with E-state index in [4.69, 9.17) is 4.74 Å². The molecule has 8 nitrogen and oxygen atoms in total. The second kappa shape index (κ2) is 11.7. The first-order valence-corrected chi connectivity index (χ1v) is 13.2. The van der Waals surface area contributed by atoms with Crippen molar-refractivity contribution in [1.29, 1.82) is 0 Å². The Morgan fingerprint density at radius 1 is 1.34 bits per heavy atom. The average Bonchev–Trinajstić information content (AvgIpc) is 2.85. The number of sulfonamides is 1. The number of nitrogens with zero attached hydrogens (tertiary/aromatic N) is 3. The maximum absolute atomic E-state index is 13.5. The minimum atomic E-state index is -3.93. The molecule has 3 atom stereocenters. The molecule has 9 heteroatoms. The van der Waals surface area contributed by atoms with E-state index in [1.165, 1.54) is 15.3 Å². The van der Waals surface area contributed by atoms with Gasteiger partial charge in [-0.25, -0.2) is 8.42 Å². The number of aliphatic hydroxyl groups is 1. The highest BCUT2D eigenvalue weighted by molar-refractivity contribution is 7.89. The summed E-state index contributed by atoms with van der Waals surface area (Å²) in [6.45, 7) is 5.64. The molecular weight excluding hydrogens is 466 g/mol. The van der Waals surface area contributed by atoms with E-state index in [2.05, 4.69) is 16.8 Å². The van der Waals surface area contributed by atoms with Crippen molar-refractivity contribution in [2.45, 2.75) is 50.7 Å². The quantitative estimate of drug-likeness (QED) is 0.614. The SMILES string of the molecule is CCCC#Cc1ccc2c(c1)O[C@H](CN(C)C(=O)c1ccccn1)[C@H](C)CN([C@H](C)CO)S2(=O)=O. The summed E-state index contributed by atoms with van der Waals surface area (Å²) in [5, 5.41) is 9.77. The fourth-order valence-electron chi connectivity index (χ4n) is 3.85. The van der Waals surface area contributed by atoms with Crippen molar-refractivity contribution in [3.8, 4) is 17.6 Å². The lowest BCUT2D eigenvalue weighted by atomic mass is 10.0. The van der Waals surface area contributed by atoms with Crippen LogP contribution in [0.1, 0.15) is 49.7 Å². The number of rotatable bonds is 6. The van der Waals surface area contributed by atoms with Gasteiger partial charge < -0.3 is 14.7 Å². The number of carbonyl (C=O) groups excluding carboxylic acids is 1. The van der Waals surface area contributed by atoms with Crippen molar-refractivity contribution in [3.63, 3.8) is 0 Å². The summed E-state index contributed by atoms with van der Waals surface area (Å²) in [5.41, 5.74) is 0.972. The maximum Gasteiger partial charge on any atom is 0.272 e. The highest BCUT2D eigenvalue weighted by Crippen LogP contribution is 2.34. The zero-order valence-electron chi connectivity index (χ0n) is 20.6. The third kappa shape index (κ3) is 6.20. The Bertz CT molecular complexity index is 1190. The van der Waals surface area contributed by atoms with E-state index in [-0.39, 0.29) is 42.2 Å². The van der Waals surface area contributed by atoms with Gasteiger partial charge >= 0.3 is 0 Å². The Kier molecular flexibility index (Phi) is 8.89. The zero-order valence-corrected chi connectivity index (χ0v) is 21.5. The number of fused-ring (bicyclic) bond motifs is 1. The normalized spacial score (nSPS) is 20.3. The summed E-state index contributed by atoms with van der Waals surface area (Å²) in [4.78, 5) is 18.6. The van der Waals surface area contributed by atoms with Crippen molar-refractivity contribution in [1.82, 2.24) is 14.2 Å². The monoisotopic (exact) mass is 499 g/mol. The van der Waals surface area contributed by atoms with Gasteiger partial charge in [0.2, 0.25) is 10.0 Å². The van der Waals surface area contributed by atoms with Gasteiger partial charge in [0.1, 0.15) is 22.4 Å². The van der Waals surface area contributed by atoms with E-state index >= 15 is 0 Å². The molecule has 0 saturated carbocycles. The average molecular weight is 500 g/mol. The summed E-state index contributed by atoms with van der Waals surface area (Å²) >= 11 is 0. The molecule has 35 heavy (non-hydrogen) atoms. The topological polar surface area (TPSA) is 100 Å². The summed E-state index contributed by atoms with van der Waals surface area (Å²) in [6.07, 6.45) is 2.71. The van der Waals surface area contributed by atoms with E-state index < -0.39 is 22.2 Å². The first-order chi connectivity index (χ1) is 16.7. The Hall–Kier alpha value is -2.93. The lowest BCUT2D eigenvalue weighted by molar-refractivity contribution is 0.0559. The molecule has 0 fully saturated rings. The van der Waals surface area contributed by atoms with Crippen LogP contribution in [0.3, 0.4) is 0 Å². The third-order valence-electron chi connectivity index (χ3n) is 5.96. The number of hydrogen-bond donors (Lipinski definition) is 1. The lowest BCUT2D eigenvalue weighted by Gasteiger charge is -2.37. The van der Waals surface area contributed by atoms with Crippen LogP contribution in [0.5, 0.6) is 5.75 Å². The number of unbranched alkanes of at least 4 members (excludes halogenated alkanes) is 1. The van der Waals surface area contributed by atoms with E-state index in [0.717, 1.165) is 12.8 Å². The smallest absolute Gasteiger partial charge is 0.272 e. The van der Waals surface area contributed by atoms with Gasteiger partial charge in [-0.15, -0.1) is 0 Å². The van der Waals surface area contributed by atoms with Crippen molar-refractivity contribution < 1.29 is 23.1 Å². The number of ether oxygens (including phenoxy) is 1. The molecule has 3 rings (SSSR count). The van der Waals surface area contributed by atoms with Crippen LogP contribution in [0.25, 0.3) is 0 Å². The van der Waals surface area contributed by atoms with Crippen molar-refractivity contribution >= 4 is 15.9 Å². The second-order valence-corrected chi connectivity index (χ2v) is 10.7. The predicted octanol–water partition coefficient (Wildman–Crippen LogP) is 2.77. The summed E-state index contributed by atoms with van der Waals surface area (Å²) in [7, 11) is -2.26. The van der Waals surface area contributed by atoms with Crippen molar-refractivity contribution in [2.24, 2.45) is 5.92 Å². The Balaban J connectivity index is 2.01. The molecule has 1 amide bonds. The maximum atomic E-state index is 13.5. The number of hydrogen-bond acceptors (Lipinski definition) is 6. The van der Waals surface area contributed by atoms with E-state index in [1.54, 1.807) is 50.5 Å². The van der Waals surface area contributed by atoms with E-state index in [1.807, 2.05) is 13.8 Å². The number of pyridine rings is 1. The van der Waals surface area contributed by atoms with Crippen LogP contribution >= 0.6 is 0 Å². The van der Waals surface area contributed by atoms with Gasteiger partial charge in [0.15, 0.2) is 0 Å². The van der Waals surface area contributed by atoms with Crippen LogP contribution in [-0.4, -0.2) is 72.5 Å². The van der Waals surface area contributed by atoms with Crippen molar-refractivity contribution in [2.75, 3.05) is 26.7 Å². The molecule has 0 unspecified atom stereocenters. The summed E-state index contributed by atoms with van der Waals surface area (Å²) in [5.74, 6) is 5.79. The standard InChI is InChI=1S/C26H33N3O5S/c1-5-6-7-10-21-12-13-25-23(15-21)34-24(17-28(4)26(31)22-11-8-9-14-27-22)19(2)16-29(20(3)18-30)35(25,32)33/h8-9,11-15,19-20,24,30H,5-6,16-18H2,1-4H3/t19-,20-,24-/m1/s1. The number of likely N-dealkylation sites (N-methyl/N-ethyl adjacent to an activating group) is 1. The van der Waals surface area contributed by atoms with E-state index in [0.29, 0.717) is 11.3 Å². The molecular formula is C26H33N3O5S. The molecule has 1 aromatic heterocycles. The fraction of sp³-hybridized carbons (Fsp3) is 0.462. The van der Waals surface area contributed by atoms with Crippen LogP contribution < -0.4 is 4.74 Å². The fourth-order valence-corrected chi connectivity index (χ4v) is 5.67. The van der Waals surface area contributed by atoms with Gasteiger partial charge in [0.25, 0.3) is 5.91 Å². The molecule has 0 bridgehead atoms. The Morgan fingerprint density at radius 3 is 2.77 bits per heavy atom. The molecule has 0 saturated heterocycles. The van der Waals surface area contributed by atoms with E-state index in [9.17, 15) is 18.3 Å². The molecule has 1 aliphatic rings. The predicted molar refractivity (Wildman–Crippen MR) is 133 cm³/mol. The zero-order chi connectivity index (χ0) is 25.6. The molecule has 0 radical (unpaired) electrons. The molecule has 0 spiro atoms. The third-order valence-corrected chi connectivity index (χ3v) is 7.98.